The summed E-state index contributed by atoms with van der Waals surface area (Å²) in [5.41, 5.74) is 2.20. The second-order valence-corrected chi connectivity index (χ2v) is 7.58. The minimum absolute atomic E-state index is 0.147. The quantitative estimate of drug-likeness (QED) is 0.672. The second kappa shape index (κ2) is 7.84. The molecule has 0 saturated heterocycles. The minimum atomic E-state index is -0.241. The Kier molecular flexibility index (Phi) is 5.51. The van der Waals surface area contributed by atoms with Crippen molar-refractivity contribution in [3.8, 4) is 11.4 Å². The maximum atomic E-state index is 13.1. The largest absolute Gasteiger partial charge is 0.359 e. The van der Waals surface area contributed by atoms with E-state index >= 15 is 0 Å². The molecule has 2 N–H and O–H groups in total. The Balaban J connectivity index is 1.71. The summed E-state index contributed by atoms with van der Waals surface area (Å²) in [5.74, 6) is 0.189. The number of anilines is 1. The number of rotatable bonds is 6. The van der Waals surface area contributed by atoms with Crippen LogP contribution in [-0.4, -0.2) is 28.9 Å². The van der Waals surface area contributed by atoms with E-state index in [4.69, 9.17) is 0 Å². The number of aromatic nitrogens is 2. The molecule has 0 aliphatic rings. The van der Waals surface area contributed by atoms with Crippen LogP contribution in [0.4, 0.5) is 9.52 Å². The highest BCUT2D eigenvalue weighted by Gasteiger charge is 2.21. The molecule has 0 spiro atoms. The van der Waals surface area contributed by atoms with Crippen molar-refractivity contribution < 1.29 is 9.18 Å². The smallest absolute Gasteiger partial charge is 0.251 e. The normalized spacial score (nSPS) is 11.3. The average Bonchev–Trinajstić information content (AvgIpc) is 3.15. The van der Waals surface area contributed by atoms with E-state index in [1.165, 1.54) is 23.7 Å². The lowest BCUT2D eigenvalue weighted by Gasteiger charge is -2.25. The second-order valence-electron chi connectivity index (χ2n) is 6.83. The summed E-state index contributed by atoms with van der Waals surface area (Å²) < 4.78 is 17.5. The van der Waals surface area contributed by atoms with Crippen LogP contribution in [0.3, 0.4) is 0 Å². The maximum absolute atomic E-state index is 13.1. The maximum Gasteiger partial charge on any atom is 0.251 e. The third kappa shape index (κ3) is 4.49. The summed E-state index contributed by atoms with van der Waals surface area (Å²) in [6, 6.07) is 13.7. The lowest BCUT2D eigenvalue weighted by Crippen LogP contribution is -2.27. The fourth-order valence-corrected chi connectivity index (χ4v) is 3.24. The first-order valence-corrected chi connectivity index (χ1v) is 9.32. The van der Waals surface area contributed by atoms with Crippen LogP contribution in [0.25, 0.3) is 11.4 Å². The van der Waals surface area contributed by atoms with Gasteiger partial charge in [0.15, 0.2) is 5.82 Å². The molecule has 140 valence electrons. The molecule has 2 aromatic carbocycles. The van der Waals surface area contributed by atoms with Gasteiger partial charge in [-0.25, -0.2) is 4.39 Å². The third-order valence-electron chi connectivity index (χ3n) is 4.34. The van der Waals surface area contributed by atoms with E-state index in [0.717, 1.165) is 11.1 Å². The van der Waals surface area contributed by atoms with Crippen molar-refractivity contribution in [3.05, 3.63) is 65.5 Å². The van der Waals surface area contributed by atoms with Gasteiger partial charge >= 0.3 is 0 Å². The van der Waals surface area contributed by atoms with Gasteiger partial charge in [0.25, 0.3) is 5.91 Å². The third-order valence-corrected chi connectivity index (χ3v) is 5.02. The minimum Gasteiger partial charge on any atom is -0.359 e. The standard InChI is InChI=1S/C20H21FN4OS/c1-20(2,15-7-9-16(21)10-8-15)12-23-19-24-17(25-27-19)13-5-4-6-14(11-13)18(26)22-3/h4-11H,12H2,1-3H3,(H,22,26)(H,23,24,25). The van der Waals surface area contributed by atoms with Gasteiger partial charge in [0.2, 0.25) is 5.13 Å². The number of nitrogens with one attached hydrogen (secondary N) is 2. The van der Waals surface area contributed by atoms with Crippen molar-refractivity contribution in [3.63, 3.8) is 0 Å². The molecule has 0 fully saturated rings. The molecule has 1 aromatic heterocycles. The molecule has 0 unspecified atom stereocenters. The Labute approximate surface area is 161 Å². The van der Waals surface area contributed by atoms with Crippen molar-refractivity contribution in [2.75, 3.05) is 18.9 Å². The molecule has 3 aromatic rings. The van der Waals surface area contributed by atoms with Crippen molar-refractivity contribution >= 4 is 22.6 Å². The summed E-state index contributed by atoms with van der Waals surface area (Å²) in [4.78, 5) is 16.3. The van der Waals surface area contributed by atoms with Gasteiger partial charge in [-0.2, -0.15) is 9.36 Å². The number of nitrogens with zero attached hydrogens (tertiary/aromatic N) is 2. The SMILES string of the molecule is CNC(=O)c1cccc(-c2nsc(NCC(C)(C)c3ccc(F)cc3)n2)c1. The van der Waals surface area contributed by atoms with E-state index in [-0.39, 0.29) is 17.1 Å². The van der Waals surface area contributed by atoms with Crippen molar-refractivity contribution in [2.45, 2.75) is 19.3 Å². The summed E-state index contributed by atoms with van der Waals surface area (Å²) in [6.07, 6.45) is 0. The zero-order chi connectivity index (χ0) is 19.4. The van der Waals surface area contributed by atoms with E-state index in [9.17, 15) is 9.18 Å². The van der Waals surface area contributed by atoms with E-state index < -0.39 is 0 Å². The topological polar surface area (TPSA) is 66.9 Å². The highest BCUT2D eigenvalue weighted by molar-refractivity contribution is 7.09. The van der Waals surface area contributed by atoms with Crippen LogP contribution in [-0.2, 0) is 5.41 Å². The van der Waals surface area contributed by atoms with Gasteiger partial charge in [0.05, 0.1) is 0 Å². The Hall–Kier alpha value is -2.80. The van der Waals surface area contributed by atoms with Gasteiger partial charge in [-0.1, -0.05) is 38.1 Å². The first kappa shape index (κ1) is 19.0. The van der Waals surface area contributed by atoms with Crippen LogP contribution in [0.1, 0.15) is 29.8 Å². The molecule has 5 nitrogen and oxygen atoms in total. The van der Waals surface area contributed by atoms with E-state index in [0.29, 0.717) is 23.1 Å². The highest BCUT2D eigenvalue weighted by Crippen LogP contribution is 2.26. The molecule has 3 rings (SSSR count). The van der Waals surface area contributed by atoms with E-state index in [2.05, 4.69) is 33.8 Å². The van der Waals surface area contributed by atoms with Crippen LogP contribution in [0.2, 0.25) is 0 Å². The lowest BCUT2D eigenvalue weighted by molar-refractivity contribution is 0.0963. The van der Waals surface area contributed by atoms with Crippen LogP contribution in [0.15, 0.2) is 48.5 Å². The van der Waals surface area contributed by atoms with Gasteiger partial charge in [0, 0.05) is 41.7 Å². The number of hydrogen-bond acceptors (Lipinski definition) is 5. The Morgan fingerprint density at radius 2 is 1.93 bits per heavy atom. The van der Waals surface area contributed by atoms with Crippen LogP contribution < -0.4 is 10.6 Å². The first-order chi connectivity index (χ1) is 12.9. The van der Waals surface area contributed by atoms with Crippen molar-refractivity contribution in [1.82, 2.24) is 14.7 Å². The van der Waals surface area contributed by atoms with Gasteiger partial charge in [-0.15, -0.1) is 0 Å². The fourth-order valence-electron chi connectivity index (χ4n) is 2.66. The Morgan fingerprint density at radius 1 is 1.19 bits per heavy atom. The molecular weight excluding hydrogens is 363 g/mol. The Bertz CT molecular complexity index is 937. The summed E-state index contributed by atoms with van der Waals surface area (Å²) in [6.45, 7) is 4.80. The predicted octanol–water partition coefficient (Wildman–Crippen LogP) is 4.09. The van der Waals surface area contributed by atoms with Gasteiger partial charge in [0.1, 0.15) is 5.82 Å². The highest BCUT2D eigenvalue weighted by atomic mass is 32.1. The molecule has 1 heterocycles. The van der Waals surface area contributed by atoms with E-state index in [1.807, 2.05) is 12.1 Å². The number of halogens is 1. The lowest BCUT2D eigenvalue weighted by atomic mass is 9.85. The number of benzene rings is 2. The molecule has 0 aliphatic heterocycles. The van der Waals surface area contributed by atoms with Gasteiger partial charge in [-0.3, -0.25) is 4.79 Å². The molecule has 0 bridgehead atoms. The molecule has 0 atom stereocenters. The molecule has 0 aliphatic carbocycles. The first-order valence-electron chi connectivity index (χ1n) is 8.55. The fraction of sp³-hybridized carbons (Fsp3) is 0.250. The molecule has 0 saturated carbocycles. The molecule has 1 amide bonds. The number of carbonyl (C=O) groups is 1. The van der Waals surface area contributed by atoms with Gasteiger partial charge < -0.3 is 10.6 Å². The summed E-state index contributed by atoms with van der Waals surface area (Å²) >= 11 is 1.27. The van der Waals surface area contributed by atoms with Crippen LogP contribution >= 0.6 is 11.5 Å². The summed E-state index contributed by atoms with van der Waals surface area (Å²) in [5, 5.41) is 6.62. The zero-order valence-electron chi connectivity index (χ0n) is 15.4. The number of amides is 1. The average molecular weight is 384 g/mol. The Morgan fingerprint density at radius 3 is 2.63 bits per heavy atom. The van der Waals surface area contributed by atoms with Crippen LogP contribution in [0, 0.1) is 5.82 Å². The van der Waals surface area contributed by atoms with Gasteiger partial charge in [-0.05, 0) is 29.8 Å². The molecule has 7 heteroatoms. The number of carbonyl (C=O) groups excluding carboxylic acids is 1. The molecular formula is C20H21FN4OS. The van der Waals surface area contributed by atoms with Crippen LogP contribution in [0.5, 0.6) is 0 Å². The van der Waals surface area contributed by atoms with Crippen molar-refractivity contribution in [2.24, 2.45) is 0 Å². The zero-order valence-corrected chi connectivity index (χ0v) is 16.2. The van der Waals surface area contributed by atoms with Crippen molar-refractivity contribution in [1.29, 1.82) is 0 Å². The molecule has 0 radical (unpaired) electrons. The van der Waals surface area contributed by atoms with E-state index in [1.54, 1.807) is 31.3 Å². The number of hydrogen-bond donors (Lipinski definition) is 2. The monoisotopic (exact) mass is 384 g/mol. The molecule has 27 heavy (non-hydrogen) atoms. The predicted molar refractivity (Wildman–Crippen MR) is 107 cm³/mol. The summed E-state index contributed by atoms with van der Waals surface area (Å²) in [7, 11) is 1.60.